The van der Waals surface area contributed by atoms with Gasteiger partial charge in [-0.25, -0.2) is 14.6 Å². The Labute approximate surface area is 299 Å². The maximum Gasteiger partial charge on any atom is 0.408 e. The van der Waals surface area contributed by atoms with Crippen LogP contribution in [-0.4, -0.2) is 74.7 Å². The first-order valence-electron chi connectivity index (χ1n) is 16.4. The zero-order chi connectivity index (χ0) is 36.8. The Bertz CT molecular complexity index is 1690. The number of nitrogens with zero attached hydrogens (tertiary/aromatic N) is 2. The molecule has 0 spiro atoms. The van der Waals surface area contributed by atoms with Crippen LogP contribution in [0.3, 0.4) is 0 Å². The number of aromatic nitrogens is 2. The molecule has 4 atom stereocenters. The number of hydrogen-bond donors (Lipinski definition) is 6. The van der Waals surface area contributed by atoms with Crippen LogP contribution in [0, 0.1) is 5.92 Å². The van der Waals surface area contributed by atoms with E-state index in [4.69, 9.17) is 10.5 Å². The van der Waals surface area contributed by atoms with Crippen LogP contribution in [0.1, 0.15) is 43.5 Å². The van der Waals surface area contributed by atoms with E-state index >= 15 is 0 Å². The molecule has 4 rings (SSSR count). The van der Waals surface area contributed by atoms with E-state index in [1.807, 2.05) is 31.2 Å². The summed E-state index contributed by atoms with van der Waals surface area (Å²) in [6, 6.07) is 13.9. The average Bonchev–Trinajstić information content (AvgIpc) is 3.82. The molecule has 1 aliphatic rings. The van der Waals surface area contributed by atoms with E-state index in [0.717, 1.165) is 23.1 Å². The number of nitrogens with one attached hydrogen (secondary N) is 5. The van der Waals surface area contributed by atoms with Crippen LogP contribution >= 0.6 is 11.9 Å². The van der Waals surface area contributed by atoms with E-state index < -0.39 is 59.8 Å². The summed E-state index contributed by atoms with van der Waals surface area (Å²) in [4.78, 5) is 85.2. The van der Waals surface area contributed by atoms with E-state index in [1.54, 1.807) is 54.9 Å². The molecule has 0 fully saturated rings. The lowest BCUT2D eigenvalue weighted by Crippen LogP contribution is -2.59. The summed E-state index contributed by atoms with van der Waals surface area (Å²) in [5, 5.41) is 12.0. The van der Waals surface area contributed by atoms with Crippen LogP contribution in [0.2, 0.25) is 0 Å². The van der Waals surface area contributed by atoms with Crippen molar-refractivity contribution >= 4 is 47.7 Å². The van der Waals surface area contributed by atoms with Crippen molar-refractivity contribution in [3.05, 3.63) is 101 Å². The Morgan fingerprint density at radius 2 is 1.55 bits per heavy atom. The van der Waals surface area contributed by atoms with Gasteiger partial charge < -0.3 is 31.4 Å². The number of carbonyl (C=O) groups excluding carboxylic acids is 6. The van der Waals surface area contributed by atoms with Gasteiger partial charge in [-0.1, -0.05) is 80.9 Å². The number of hydrogen-bond acceptors (Lipinski definition) is 9. The number of imidazole rings is 1. The van der Waals surface area contributed by atoms with Crippen LogP contribution in [0.25, 0.3) is 0 Å². The Morgan fingerprint density at radius 3 is 2.18 bits per heavy atom. The van der Waals surface area contributed by atoms with Crippen molar-refractivity contribution in [2.24, 2.45) is 11.7 Å². The molecule has 1 aliphatic heterocycles. The van der Waals surface area contributed by atoms with Gasteiger partial charge in [0, 0.05) is 25.5 Å². The summed E-state index contributed by atoms with van der Waals surface area (Å²) in [6.45, 7) is 3.66. The molecule has 0 saturated heterocycles. The van der Waals surface area contributed by atoms with Crippen molar-refractivity contribution in [2.75, 3.05) is 6.54 Å². The van der Waals surface area contributed by atoms with Crippen molar-refractivity contribution in [3.63, 3.8) is 0 Å². The highest BCUT2D eigenvalue weighted by atomic mass is 32.2. The minimum atomic E-state index is -1.23. The first-order chi connectivity index (χ1) is 24.5. The second-order valence-corrected chi connectivity index (χ2v) is 12.9. The highest BCUT2D eigenvalue weighted by Gasteiger charge is 2.34. The Balaban J connectivity index is 1.47. The Hall–Kier alpha value is -5.64. The van der Waals surface area contributed by atoms with Gasteiger partial charge in [0.2, 0.25) is 17.7 Å². The number of carbonyl (C=O) groups is 6. The number of nitrogens with two attached hydrogens (primary N) is 1. The van der Waals surface area contributed by atoms with Gasteiger partial charge in [-0.05, 0) is 40.0 Å². The SMILES string of the molecule is CC[C@H](C)[C@H](NC(=O)[C@H](Cc1c[nH]cn1)NC(=O)[C@H](Cc1ccccc1)NC(=O)OCc1ccccc1)C(=O)NC(=O)N1CC(CC(N)=O)=CS1. The molecular formula is C35H42N8O7S. The maximum absolute atomic E-state index is 13.9. The number of H-pyrrole nitrogens is 1. The molecule has 0 bridgehead atoms. The topological polar surface area (TPSA) is 218 Å². The minimum absolute atomic E-state index is 0.0143. The lowest BCUT2D eigenvalue weighted by molar-refractivity contribution is -0.133. The van der Waals surface area contributed by atoms with Gasteiger partial charge in [0.15, 0.2) is 0 Å². The zero-order valence-corrected chi connectivity index (χ0v) is 29.1. The summed E-state index contributed by atoms with van der Waals surface area (Å²) in [5.74, 6) is -3.07. The Morgan fingerprint density at radius 1 is 0.902 bits per heavy atom. The van der Waals surface area contributed by atoms with Crippen LogP contribution in [0.5, 0.6) is 0 Å². The molecule has 3 aromatic rings. The number of aromatic amines is 1. The standard InChI is InChI=1S/C35H42N8O7S/c1-3-22(2)30(33(47)42-34(48)43-18-25(20-51-43)15-29(36)44)41-32(46)28(16-26-17-37-21-38-26)39-31(45)27(14-23-10-6-4-7-11-23)40-35(49)50-19-24-12-8-5-9-13-24/h4-13,17,20-22,27-28,30H,3,14-16,18-19H2,1-2H3,(H2,36,44)(H,37,38)(H,39,45)(H,40,49)(H,41,46)(H,42,47,48)/t22-,27-,28-,30-/m0/s1. The van der Waals surface area contributed by atoms with Gasteiger partial charge in [-0.3, -0.25) is 28.8 Å². The predicted octanol–water partition coefficient (Wildman–Crippen LogP) is 2.46. The number of primary amides is 1. The highest BCUT2D eigenvalue weighted by Crippen LogP contribution is 2.25. The third kappa shape index (κ3) is 12.0. The van der Waals surface area contributed by atoms with E-state index in [0.29, 0.717) is 17.7 Å². The van der Waals surface area contributed by atoms with Gasteiger partial charge in [-0.15, -0.1) is 0 Å². The lowest BCUT2D eigenvalue weighted by atomic mass is 9.97. The van der Waals surface area contributed by atoms with Gasteiger partial charge in [0.25, 0.3) is 5.91 Å². The fraction of sp³-hybridized carbons (Fsp3) is 0.343. The van der Waals surface area contributed by atoms with Crippen molar-refractivity contribution in [1.29, 1.82) is 0 Å². The summed E-state index contributed by atoms with van der Waals surface area (Å²) in [6.07, 6.45) is 2.66. The van der Waals surface area contributed by atoms with Gasteiger partial charge in [-0.2, -0.15) is 0 Å². The first-order valence-corrected chi connectivity index (χ1v) is 17.2. The summed E-state index contributed by atoms with van der Waals surface area (Å²) < 4.78 is 6.63. The van der Waals surface area contributed by atoms with E-state index in [9.17, 15) is 28.8 Å². The molecule has 0 radical (unpaired) electrons. The second-order valence-electron chi connectivity index (χ2n) is 12.0. The Kier molecular flexibility index (Phi) is 14.2. The minimum Gasteiger partial charge on any atom is -0.445 e. The van der Waals surface area contributed by atoms with Crippen LogP contribution in [-0.2, 0) is 43.4 Å². The fourth-order valence-corrected chi connectivity index (χ4v) is 5.91. The monoisotopic (exact) mass is 718 g/mol. The lowest BCUT2D eigenvalue weighted by Gasteiger charge is -2.27. The summed E-state index contributed by atoms with van der Waals surface area (Å²) in [7, 11) is 0. The third-order valence-corrected chi connectivity index (χ3v) is 9.04. The van der Waals surface area contributed by atoms with E-state index in [2.05, 4.69) is 31.2 Å². The van der Waals surface area contributed by atoms with Gasteiger partial charge >= 0.3 is 12.1 Å². The molecule has 0 unspecified atom stereocenters. The molecule has 51 heavy (non-hydrogen) atoms. The number of ether oxygens (including phenoxy) is 1. The molecule has 2 heterocycles. The molecule has 270 valence electrons. The zero-order valence-electron chi connectivity index (χ0n) is 28.3. The molecule has 0 aliphatic carbocycles. The quantitative estimate of drug-likeness (QED) is 0.120. The van der Waals surface area contributed by atoms with Crippen LogP contribution < -0.4 is 27.0 Å². The van der Waals surface area contributed by atoms with Crippen molar-refractivity contribution in [2.45, 2.75) is 64.3 Å². The summed E-state index contributed by atoms with van der Waals surface area (Å²) >= 11 is 1.02. The van der Waals surface area contributed by atoms with Crippen LogP contribution in [0.4, 0.5) is 9.59 Å². The van der Waals surface area contributed by atoms with Gasteiger partial charge in [0.1, 0.15) is 24.7 Å². The molecule has 0 saturated carbocycles. The van der Waals surface area contributed by atoms with Crippen LogP contribution in [0.15, 0.2) is 84.2 Å². The number of benzene rings is 2. The average molecular weight is 719 g/mol. The maximum atomic E-state index is 13.9. The molecule has 7 amide bonds. The van der Waals surface area contributed by atoms with Crippen molar-refractivity contribution in [1.82, 2.24) is 35.5 Å². The largest absolute Gasteiger partial charge is 0.445 e. The fourth-order valence-electron chi connectivity index (χ4n) is 5.10. The predicted molar refractivity (Wildman–Crippen MR) is 189 cm³/mol. The molecule has 2 aromatic carbocycles. The van der Waals surface area contributed by atoms with E-state index in [-0.39, 0.29) is 32.4 Å². The number of imide groups is 1. The number of rotatable bonds is 16. The van der Waals surface area contributed by atoms with Crippen molar-refractivity contribution in [3.8, 4) is 0 Å². The second kappa shape index (κ2) is 18.9. The van der Waals surface area contributed by atoms with Crippen molar-refractivity contribution < 1.29 is 33.5 Å². The molecule has 15 nitrogen and oxygen atoms in total. The molecular weight excluding hydrogens is 677 g/mol. The summed E-state index contributed by atoms with van der Waals surface area (Å²) in [5.41, 5.74) is 7.85. The highest BCUT2D eigenvalue weighted by molar-refractivity contribution is 8.00. The molecule has 16 heteroatoms. The number of urea groups is 1. The first kappa shape index (κ1) is 38.2. The smallest absolute Gasteiger partial charge is 0.408 e. The normalized spacial score (nSPS) is 14.6. The molecule has 1 aromatic heterocycles. The molecule has 7 N–H and O–H groups in total. The number of alkyl carbamates (subject to hydrolysis) is 1. The number of amides is 7. The van der Waals surface area contributed by atoms with E-state index in [1.165, 1.54) is 10.6 Å². The van der Waals surface area contributed by atoms with Gasteiger partial charge in [0.05, 0.1) is 18.6 Å². The third-order valence-electron chi connectivity index (χ3n) is 8.05.